The lowest BCUT2D eigenvalue weighted by molar-refractivity contribution is -0.266. The molecule has 1 heterocycles. The Kier molecular flexibility index (Phi) is 4.73. The fraction of sp³-hybridized carbons (Fsp3) is 0.182. The van der Waals surface area contributed by atoms with E-state index in [0.717, 1.165) is 0 Å². The molecule has 0 bridgehead atoms. The van der Waals surface area contributed by atoms with Gasteiger partial charge in [0.25, 0.3) is 0 Å². The normalized spacial score (nSPS) is 13.4. The van der Waals surface area contributed by atoms with Crippen molar-refractivity contribution in [3.05, 3.63) is 32.6 Å². The summed E-state index contributed by atoms with van der Waals surface area (Å²) >= 11 is 0. The number of carbonyl (C=O) groups is 3. The van der Waals surface area contributed by atoms with Crippen molar-refractivity contribution in [2.75, 3.05) is 0 Å². The highest BCUT2D eigenvalue weighted by Gasteiger charge is 2.35. The molecule has 0 atom stereocenters. The molecule has 1 aliphatic rings. The maximum absolute atomic E-state index is 14.0. The highest BCUT2D eigenvalue weighted by atomic mass is 19.2. The molecule has 1 aromatic rings. The number of amides is 2. The summed E-state index contributed by atoms with van der Waals surface area (Å²) < 4.78 is 27.7. The van der Waals surface area contributed by atoms with Crippen LogP contribution in [0.2, 0.25) is 0 Å². The summed E-state index contributed by atoms with van der Waals surface area (Å²) in [7, 11) is 0. The van der Waals surface area contributed by atoms with Crippen LogP contribution in [0.3, 0.4) is 0 Å². The SMILES string of the molecule is N#[N+]c1c([O-])c(N=[N+]=[N-])c(F)c(F)c1C(=O)ONN1C(=O)CCC1=O. The van der Waals surface area contributed by atoms with Gasteiger partial charge in [0.15, 0.2) is 22.2 Å². The molecule has 2 amide bonds. The summed E-state index contributed by atoms with van der Waals surface area (Å²) in [4.78, 5) is 43.2. The molecule has 1 aliphatic heterocycles. The topological polar surface area (TPSA) is 176 Å². The summed E-state index contributed by atoms with van der Waals surface area (Å²) in [6, 6.07) is 0. The van der Waals surface area contributed by atoms with Crippen LogP contribution in [0.4, 0.5) is 20.2 Å². The van der Waals surface area contributed by atoms with E-state index in [2.05, 4.69) is 19.8 Å². The largest absolute Gasteiger partial charge is 0.867 e. The van der Waals surface area contributed by atoms with E-state index in [9.17, 15) is 28.3 Å². The first kappa shape index (κ1) is 17.5. The van der Waals surface area contributed by atoms with Crippen LogP contribution in [0.25, 0.3) is 15.4 Å². The Bertz CT molecular complexity index is 874. The Morgan fingerprint density at radius 3 is 2.44 bits per heavy atom. The van der Waals surface area contributed by atoms with Crippen molar-refractivity contribution in [2.45, 2.75) is 12.8 Å². The summed E-state index contributed by atoms with van der Waals surface area (Å²) in [6.07, 6.45) is -0.315. The molecule has 1 fully saturated rings. The van der Waals surface area contributed by atoms with E-state index in [1.807, 2.05) is 0 Å². The van der Waals surface area contributed by atoms with Crippen molar-refractivity contribution < 1.29 is 33.1 Å². The fourth-order valence-corrected chi connectivity index (χ4v) is 1.88. The first-order valence-electron chi connectivity index (χ1n) is 6.28. The number of carbonyl (C=O) groups excluding carboxylic acids is 3. The smallest absolute Gasteiger partial charge is 0.395 e. The molecule has 0 aromatic heterocycles. The van der Waals surface area contributed by atoms with E-state index in [1.54, 1.807) is 5.59 Å². The van der Waals surface area contributed by atoms with Gasteiger partial charge in [-0.05, 0) is 5.53 Å². The number of rotatable bonds is 4. The molecular weight excluding hydrogens is 348 g/mol. The van der Waals surface area contributed by atoms with E-state index in [1.165, 1.54) is 0 Å². The number of imide groups is 1. The van der Waals surface area contributed by atoms with Gasteiger partial charge in [-0.3, -0.25) is 9.59 Å². The number of hydrogen-bond acceptors (Lipinski definition) is 8. The number of hydrazine groups is 1. The third-order valence-corrected chi connectivity index (χ3v) is 3.02. The Morgan fingerprint density at radius 1 is 1.32 bits per heavy atom. The molecule has 2 rings (SSSR count). The number of halogens is 2. The van der Waals surface area contributed by atoms with E-state index < -0.39 is 52.1 Å². The molecule has 25 heavy (non-hydrogen) atoms. The number of azide groups is 1. The average Bonchev–Trinajstić information content (AvgIpc) is 2.90. The van der Waals surface area contributed by atoms with Gasteiger partial charge in [-0.1, -0.05) is 10.7 Å². The monoisotopic (exact) mass is 353 g/mol. The molecule has 1 aromatic carbocycles. The molecule has 0 radical (unpaired) electrons. The van der Waals surface area contributed by atoms with Crippen molar-refractivity contribution in [1.82, 2.24) is 10.6 Å². The molecule has 1 saturated heterocycles. The Balaban J connectivity index is 2.40. The molecule has 12 nitrogen and oxygen atoms in total. The predicted octanol–water partition coefficient (Wildman–Crippen LogP) is 1.19. The first-order chi connectivity index (χ1) is 11.8. The summed E-state index contributed by atoms with van der Waals surface area (Å²) in [5.41, 5.74) is 5.75. The summed E-state index contributed by atoms with van der Waals surface area (Å²) in [5.74, 6) is -8.84. The molecule has 14 heteroatoms. The van der Waals surface area contributed by atoms with Crippen LogP contribution in [0, 0.1) is 17.0 Å². The number of nitrogens with zero attached hydrogens (tertiary/aromatic N) is 6. The van der Waals surface area contributed by atoms with Gasteiger partial charge in [0.05, 0.1) is 5.69 Å². The molecule has 128 valence electrons. The lowest BCUT2D eigenvalue weighted by Gasteiger charge is -2.15. The third-order valence-electron chi connectivity index (χ3n) is 3.02. The lowest BCUT2D eigenvalue weighted by atomic mass is 10.1. The van der Waals surface area contributed by atoms with Crippen LogP contribution in [0.15, 0.2) is 5.11 Å². The standard InChI is InChI=1S/C11H5F2N7O5/c12-6-5(8(16-14)10(23)9(7(6)13)17-18-15)11(24)25-19-20-3(21)1-2-4(20)22/h19H,1-2H2. The second-order valence-electron chi connectivity index (χ2n) is 4.42. The number of benzene rings is 1. The quantitative estimate of drug-likeness (QED) is 0.211. The van der Waals surface area contributed by atoms with Crippen LogP contribution in [-0.2, 0) is 14.4 Å². The van der Waals surface area contributed by atoms with Crippen molar-refractivity contribution in [3.63, 3.8) is 0 Å². The second kappa shape index (κ2) is 6.74. The zero-order valence-electron chi connectivity index (χ0n) is 11.9. The minimum atomic E-state index is -2.00. The minimum Gasteiger partial charge on any atom is -0.867 e. The van der Waals surface area contributed by atoms with E-state index >= 15 is 0 Å². The van der Waals surface area contributed by atoms with Gasteiger partial charge in [0.1, 0.15) is 0 Å². The zero-order valence-corrected chi connectivity index (χ0v) is 11.9. The lowest BCUT2D eigenvalue weighted by Crippen LogP contribution is -2.43. The van der Waals surface area contributed by atoms with Crippen molar-refractivity contribution in [2.24, 2.45) is 5.11 Å². The van der Waals surface area contributed by atoms with Crippen LogP contribution < -0.4 is 10.7 Å². The second-order valence-corrected chi connectivity index (χ2v) is 4.42. The number of nitrogens with one attached hydrogen (secondary N) is 1. The molecule has 1 N–H and O–H groups in total. The van der Waals surface area contributed by atoms with Gasteiger partial charge in [-0.25, -0.2) is 13.6 Å². The molecular formula is C11H5F2N7O5. The maximum Gasteiger partial charge on any atom is 0.395 e. The predicted molar refractivity (Wildman–Crippen MR) is 69.0 cm³/mol. The zero-order chi connectivity index (χ0) is 18.7. The van der Waals surface area contributed by atoms with Crippen molar-refractivity contribution >= 4 is 29.2 Å². The summed E-state index contributed by atoms with van der Waals surface area (Å²) in [6.45, 7) is 0. The molecule has 0 aliphatic carbocycles. The van der Waals surface area contributed by atoms with Crippen LogP contribution in [0.5, 0.6) is 5.75 Å². The fourth-order valence-electron chi connectivity index (χ4n) is 1.88. The minimum absolute atomic E-state index is 0.158. The average molecular weight is 353 g/mol. The van der Waals surface area contributed by atoms with E-state index in [-0.39, 0.29) is 12.8 Å². The van der Waals surface area contributed by atoms with E-state index in [0.29, 0.717) is 5.01 Å². The van der Waals surface area contributed by atoms with Crippen LogP contribution in [-0.4, -0.2) is 22.8 Å². The maximum atomic E-state index is 14.0. The highest BCUT2D eigenvalue weighted by molar-refractivity contribution is 6.02. The van der Waals surface area contributed by atoms with Gasteiger partial charge >= 0.3 is 11.7 Å². The van der Waals surface area contributed by atoms with Crippen molar-refractivity contribution in [3.8, 4) is 5.75 Å². The third kappa shape index (κ3) is 3.00. The van der Waals surface area contributed by atoms with Crippen LogP contribution >= 0.6 is 0 Å². The van der Waals surface area contributed by atoms with Gasteiger partial charge in [-0.15, -0.1) is 0 Å². The van der Waals surface area contributed by atoms with Crippen molar-refractivity contribution in [1.29, 1.82) is 5.39 Å². The highest BCUT2D eigenvalue weighted by Crippen LogP contribution is 2.41. The Labute approximate surface area is 135 Å². The van der Waals surface area contributed by atoms with Gasteiger partial charge in [-0.2, -0.15) is 5.01 Å². The number of hydrogen-bond donors (Lipinski definition) is 1. The van der Waals surface area contributed by atoms with Gasteiger partial charge in [0, 0.05) is 23.5 Å². The molecule has 0 unspecified atom stereocenters. The van der Waals surface area contributed by atoms with E-state index in [4.69, 9.17) is 10.9 Å². The Morgan fingerprint density at radius 2 is 1.92 bits per heavy atom. The molecule has 0 saturated carbocycles. The Hall–Kier alpha value is -3.82. The first-order valence-corrected chi connectivity index (χ1v) is 6.28. The van der Waals surface area contributed by atoms with Gasteiger partial charge < -0.3 is 9.94 Å². The number of diazo groups is 1. The molecule has 0 spiro atoms. The summed E-state index contributed by atoms with van der Waals surface area (Å²) in [5, 5.41) is 23.5. The van der Waals surface area contributed by atoms with Gasteiger partial charge in [0.2, 0.25) is 17.2 Å². The van der Waals surface area contributed by atoms with Crippen LogP contribution in [0.1, 0.15) is 23.2 Å².